The first kappa shape index (κ1) is 38.9. The summed E-state index contributed by atoms with van der Waals surface area (Å²) in [5.74, 6) is 1.46. The van der Waals surface area contributed by atoms with Gasteiger partial charge in [0, 0.05) is 44.5 Å². The Morgan fingerprint density at radius 2 is 1.31 bits per heavy atom. The average molecular weight is 748 g/mol. The van der Waals surface area contributed by atoms with Crippen LogP contribution in [0.25, 0.3) is 20.8 Å². The van der Waals surface area contributed by atoms with E-state index in [4.69, 9.17) is 28.7 Å². The van der Waals surface area contributed by atoms with Gasteiger partial charge in [-0.2, -0.15) is 0 Å². The molecule has 282 valence electrons. The Hall–Kier alpha value is -4.84. The van der Waals surface area contributed by atoms with E-state index >= 15 is 0 Å². The maximum Gasteiger partial charge on any atom is 0.201 e. The van der Waals surface area contributed by atoms with E-state index in [0.29, 0.717) is 59.4 Å². The highest BCUT2D eigenvalue weighted by Crippen LogP contribution is 2.32. The summed E-state index contributed by atoms with van der Waals surface area (Å²) in [4.78, 5) is 8.27. The molecule has 0 spiro atoms. The zero-order valence-corrected chi connectivity index (χ0v) is 32.4. The monoisotopic (exact) mass is 747 g/mol. The van der Waals surface area contributed by atoms with Crippen molar-refractivity contribution in [3.8, 4) is 22.1 Å². The number of hydrogen-bond donors (Lipinski definition) is 1. The molecule has 2 aliphatic rings. The van der Waals surface area contributed by atoms with Crippen molar-refractivity contribution in [1.29, 1.82) is 0 Å². The molecule has 6 rings (SSSR count). The van der Waals surface area contributed by atoms with Crippen LogP contribution >= 0.6 is 11.3 Å². The number of rotatable bonds is 21. The van der Waals surface area contributed by atoms with Crippen molar-refractivity contribution in [2.24, 2.45) is 0 Å². The lowest BCUT2D eigenvalue weighted by Gasteiger charge is -2.20. The fourth-order valence-electron chi connectivity index (χ4n) is 5.73. The minimum absolute atomic E-state index is 0.472. The van der Waals surface area contributed by atoms with Crippen molar-refractivity contribution in [3.05, 3.63) is 137 Å². The van der Waals surface area contributed by atoms with Gasteiger partial charge in [-0.3, -0.25) is 0 Å². The highest BCUT2D eigenvalue weighted by molar-refractivity contribution is 7.21. The predicted octanol–water partition coefficient (Wildman–Crippen LogP) is 6.87. The van der Waals surface area contributed by atoms with Gasteiger partial charge in [-0.15, -0.1) is 11.3 Å². The zero-order chi connectivity index (χ0) is 37.4. The number of anilines is 1. The van der Waals surface area contributed by atoms with Gasteiger partial charge in [-0.1, -0.05) is 66.7 Å². The first-order chi connectivity index (χ1) is 26.5. The quantitative estimate of drug-likeness (QED) is 0.0486. The fourth-order valence-corrected chi connectivity index (χ4v) is 6.77. The predicted molar refractivity (Wildman–Crippen MR) is 219 cm³/mol. The zero-order valence-electron chi connectivity index (χ0n) is 31.5. The maximum atomic E-state index is 6.22. The Labute approximate surface area is 322 Å². The second-order valence-corrected chi connectivity index (χ2v) is 14.3. The van der Waals surface area contributed by atoms with Crippen LogP contribution in [0.5, 0.6) is 11.5 Å². The number of benzene rings is 5. The molecular weight excluding hydrogens is 697 g/mol. The number of nitrogens with one attached hydrogen (secondary N) is 1. The van der Waals surface area contributed by atoms with E-state index in [1.165, 1.54) is 14.9 Å². The van der Waals surface area contributed by atoms with Gasteiger partial charge >= 0.3 is 0 Å². The molecule has 1 N–H and O–H groups in total. The summed E-state index contributed by atoms with van der Waals surface area (Å²) in [5.41, 5.74) is 6.52. The van der Waals surface area contributed by atoms with Gasteiger partial charge in [0.1, 0.15) is 27.3 Å². The molecular formula is C44H51N4O5S+. The Morgan fingerprint density at radius 3 is 2.02 bits per heavy atom. The molecule has 0 fully saturated rings. The first-order valence-corrected chi connectivity index (χ1v) is 19.3. The van der Waals surface area contributed by atoms with Gasteiger partial charge in [-0.25, -0.2) is 9.56 Å². The third kappa shape index (κ3) is 11.8. The molecule has 1 heterocycles. The van der Waals surface area contributed by atoms with E-state index in [9.17, 15) is 0 Å². The molecule has 0 saturated heterocycles. The highest BCUT2D eigenvalue weighted by Gasteiger charge is 2.11. The molecule has 0 atom stereocenters. The van der Waals surface area contributed by atoms with Crippen LogP contribution in [0.1, 0.15) is 16.7 Å². The highest BCUT2D eigenvalue weighted by atomic mass is 32.1. The van der Waals surface area contributed by atoms with E-state index in [2.05, 4.69) is 109 Å². The summed E-state index contributed by atoms with van der Waals surface area (Å²) in [6.45, 7) is 6.54. The lowest BCUT2D eigenvalue weighted by Crippen LogP contribution is -2.23. The van der Waals surface area contributed by atoms with Crippen LogP contribution in [0, 0.1) is 0 Å². The van der Waals surface area contributed by atoms with Crippen LogP contribution in [-0.2, 0) is 34.0 Å². The number of fused-ring (bicyclic) bond motifs is 2. The third-order valence-electron chi connectivity index (χ3n) is 8.85. The normalized spacial score (nSPS) is 11.2. The Morgan fingerprint density at radius 1 is 0.648 bits per heavy atom. The molecule has 10 heteroatoms. The van der Waals surface area contributed by atoms with Crippen LogP contribution < -0.4 is 29.6 Å². The van der Waals surface area contributed by atoms with Gasteiger partial charge in [0.2, 0.25) is 5.36 Å². The molecule has 0 unspecified atom stereocenters. The number of hydrogen-bond acceptors (Lipinski definition) is 9. The maximum absolute atomic E-state index is 6.22. The minimum atomic E-state index is 0.472. The fraction of sp³-hybridized carbons (Fsp3) is 0.318. The van der Waals surface area contributed by atoms with Gasteiger partial charge in [0.25, 0.3) is 0 Å². The SMILES string of the molecule is CN(CCOCCOCCOCCNCc1ccc(OCc2ccccc2)c(OCc2ccccc2)c1)c1ccc2nc3ccc(=[N+](C)C)cc-3sc2c1. The summed E-state index contributed by atoms with van der Waals surface area (Å²) in [6.07, 6.45) is 0. The van der Waals surface area contributed by atoms with Crippen molar-refractivity contribution < 1.29 is 23.7 Å². The Kier molecular flexibility index (Phi) is 14.8. The molecule has 4 aromatic rings. The molecule has 4 aromatic carbocycles. The van der Waals surface area contributed by atoms with Crippen molar-refractivity contribution in [2.75, 3.05) is 78.8 Å². The standard InChI is InChI=1S/C44H51N4O5S/c1-47(2)37-15-17-39-43(29-37)54-44-30-38(16-18-40(44)46-39)48(3)21-23-50-25-27-51-26-24-49-22-20-45-31-36-14-19-41(52-32-34-10-6-4-7-11-34)42(28-36)53-33-35-12-8-5-9-13-35/h4-19,28-30,45H,20-27,31-33H2,1-3H3/q+1. The van der Waals surface area contributed by atoms with Crippen LogP contribution in [0.4, 0.5) is 5.69 Å². The number of ether oxygens (including phenoxy) is 5. The van der Waals surface area contributed by atoms with Gasteiger partial charge in [-0.05, 0) is 53.1 Å². The summed E-state index contributed by atoms with van der Waals surface area (Å²) in [6, 6.07) is 39.3. The molecule has 9 nitrogen and oxygen atoms in total. The second-order valence-electron chi connectivity index (χ2n) is 13.2. The van der Waals surface area contributed by atoms with Gasteiger partial charge < -0.3 is 33.9 Å². The Balaban J connectivity index is 0.833. The molecule has 54 heavy (non-hydrogen) atoms. The lowest BCUT2D eigenvalue weighted by atomic mass is 10.2. The molecule has 1 aliphatic heterocycles. The van der Waals surface area contributed by atoms with Crippen LogP contribution in [0.2, 0.25) is 0 Å². The van der Waals surface area contributed by atoms with E-state index in [0.717, 1.165) is 58.2 Å². The third-order valence-corrected chi connectivity index (χ3v) is 9.95. The molecule has 0 aromatic heterocycles. The number of nitrogens with zero attached hydrogens (tertiary/aromatic N) is 3. The smallest absolute Gasteiger partial charge is 0.201 e. The second kappa shape index (κ2) is 20.6. The molecule has 0 radical (unpaired) electrons. The largest absolute Gasteiger partial charge is 0.485 e. The number of likely N-dealkylation sites (N-methyl/N-ethyl adjacent to an activating group) is 1. The molecule has 0 bridgehead atoms. The van der Waals surface area contributed by atoms with Crippen molar-refractivity contribution in [2.45, 2.75) is 19.8 Å². The Bertz CT molecular complexity index is 2070. The van der Waals surface area contributed by atoms with Gasteiger partial charge in [0.15, 0.2) is 11.5 Å². The molecule has 1 aliphatic carbocycles. The molecule has 0 saturated carbocycles. The first-order valence-electron chi connectivity index (χ1n) is 18.5. The topological polar surface area (TPSA) is 77.3 Å². The summed E-state index contributed by atoms with van der Waals surface area (Å²) < 4.78 is 33.0. The van der Waals surface area contributed by atoms with Crippen molar-refractivity contribution in [1.82, 2.24) is 14.9 Å². The average Bonchev–Trinajstić information content (AvgIpc) is 3.20. The number of aromatic nitrogens is 1. The van der Waals surface area contributed by atoms with Crippen molar-refractivity contribution in [3.63, 3.8) is 0 Å². The lowest BCUT2D eigenvalue weighted by molar-refractivity contribution is 0.0164. The molecule has 0 amide bonds. The van der Waals surface area contributed by atoms with Crippen LogP contribution in [-0.4, -0.2) is 78.9 Å². The van der Waals surface area contributed by atoms with Crippen LogP contribution in [0.15, 0.2) is 115 Å². The summed E-state index contributed by atoms with van der Waals surface area (Å²) in [7, 11) is 6.21. The van der Waals surface area contributed by atoms with E-state index < -0.39 is 0 Å². The summed E-state index contributed by atoms with van der Waals surface area (Å²) >= 11 is 1.78. The van der Waals surface area contributed by atoms with E-state index in [1.54, 1.807) is 11.3 Å². The van der Waals surface area contributed by atoms with Crippen LogP contribution in [0.3, 0.4) is 0 Å². The van der Waals surface area contributed by atoms with Crippen molar-refractivity contribution >= 4 is 27.2 Å². The minimum Gasteiger partial charge on any atom is -0.485 e. The van der Waals surface area contributed by atoms with E-state index in [1.807, 2.05) is 42.5 Å². The van der Waals surface area contributed by atoms with Gasteiger partial charge in [0.05, 0.1) is 60.4 Å². The summed E-state index contributed by atoms with van der Waals surface area (Å²) in [5, 5.41) is 4.63. The van der Waals surface area contributed by atoms with E-state index in [-0.39, 0.29) is 0 Å².